The molecule has 2 heterocycles. The van der Waals surface area contributed by atoms with Crippen molar-refractivity contribution in [3.63, 3.8) is 0 Å². The van der Waals surface area contributed by atoms with Crippen molar-refractivity contribution in [3.8, 4) is 0 Å². The maximum Gasteiger partial charge on any atom is 0.275 e. The zero-order valence-corrected chi connectivity index (χ0v) is 8.14. The van der Waals surface area contributed by atoms with Crippen LogP contribution in [0.25, 0.3) is 0 Å². The van der Waals surface area contributed by atoms with Gasteiger partial charge in [-0.2, -0.15) is 0 Å². The summed E-state index contributed by atoms with van der Waals surface area (Å²) in [5, 5.41) is 9.46. The van der Waals surface area contributed by atoms with E-state index in [1.165, 1.54) is 4.90 Å². The van der Waals surface area contributed by atoms with Gasteiger partial charge in [0.1, 0.15) is 5.69 Å². The summed E-state index contributed by atoms with van der Waals surface area (Å²) in [6, 6.07) is 5.15. The van der Waals surface area contributed by atoms with E-state index >= 15 is 0 Å². The van der Waals surface area contributed by atoms with Crippen LogP contribution in [0.3, 0.4) is 0 Å². The lowest BCUT2D eigenvalue weighted by molar-refractivity contribution is 0.0799. The van der Waals surface area contributed by atoms with Crippen molar-refractivity contribution >= 4 is 5.91 Å². The number of rotatable bonds is 1. The second kappa shape index (κ2) is 2.78. The molecule has 0 aliphatic carbocycles. The summed E-state index contributed by atoms with van der Waals surface area (Å²) in [6.07, 6.45) is 0.882. The Morgan fingerprint density at radius 2 is 2.21 bits per heavy atom. The molecule has 0 spiro atoms. The Kier molecular flexibility index (Phi) is 1.82. The molecule has 1 unspecified atom stereocenters. The number of aromatic nitrogens is 1. The van der Waals surface area contributed by atoms with Crippen LogP contribution in [0, 0.1) is 0 Å². The smallest absolute Gasteiger partial charge is 0.275 e. The van der Waals surface area contributed by atoms with E-state index in [0.717, 1.165) is 0 Å². The molecule has 1 aromatic rings. The van der Waals surface area contributed by atoms with Gasteiger partial charge in [0.2, 0.25) is 0 Å². The van der Waals surface area contributed by atoms with E-state index in [1.54, 1.807) is 24.4 Å². The van der Waals surface area contributed by atoms with Crippen LogP contribution in [0.4, 0.5) is 0 Å². The molecule has 0 radical (unpaired) electrons. The molecule has 1 fully saturated rings. The molecular weight excluding hydrogens is 180 g/mol. The van der Waals surface area contributed by atoms with E-state index in [4.69, 9.17) is 0 Å². The number of hydrogen-bond acceptors (Lipinski definition) is 3. The number of carbonyl (C=O) groups is 1. The summed E-state index contributed by atoms with van der Waals surface area (Å²) in [5.41, 5.74) is -0.0775. The van der Waals surface area contributed by atoms with Crippen molar-refractivity contribution in [1.82, 2.24) is 9.88 Å². The highest BCUT2D eigenvalue weighted by atomic mass is 16.3. The first-order valence-electron chi connectivity index (χ1n) is 4.48. The SMILES string of the molecule is CC1(C)C(O)N1C(=O)c1ccccn1. The third kappa shape index (κ3) is 1.19. The number of hydrogen-bond donors (Lipinski definition) is 1. The van der Waals surface area contributed by atoms with Crippen molar-refractivity contribution < 1.29 is 9.90 Å². The maximum atomic E-state index is 11.7. The van der Waals surface area contributed by atoms with Gasteiger partial charge in [0.25, 0.3) is 5.91 Å². The lowest BCUT2D eigenvalue weighted by atomic mass is 10.2. The first-order chi connectivity index (χ1) is 6.55. The van der Waals surface area contributed by atoms with Crippen molar-refractivity contribution in [2.45, 2.75) is 25.6 Å². The maximum absolute atomic E-state index is 11.7. The third-order valence-electron chi connectivity index (χ3n) is 2.53. The summed E-state index contributed by atoms with van der Waals surface area (Å²) in [5.74, 6) is -0.219. The van der Waals surface area contributed by atoms with Crippen LogP contribution >= 0.6 is 0 Å². The molecule has 4 nitrogen and oxygen atoms in total. The molecule has 14 heavy (non-hydrogen) atoms. The van der Waals surface area contributed by atoms with Crippen molar-refractivity contribution in [2.75, 3.05) is 0 Å². The number of nitrogens with zero attached hydrogens (tertiary/aromatic N) is 2. The van der Waals surface area contributed by atoms with E-state index in [2.05, 4.69) is 4.98 Å². The summed E-state index contributed by atoms with van der Waals surface area (Å²) in [4.78, 5) is 17.1. The van der Waals surface area contributed by atoms with E-state index in [0.29, 0.717) is 5.69 Å². The van der Waals surface area contributed by atoms with Gasteiger partial charge in [-0.1, -0.05) is 6.07 Å². The molecule has 1 aliphatic heterocycles. The summed E-state index contributed by atoms with van der Waals surface area (Å²) < 4.78 is 0. The largest absolute Gasteiger partial charge is 0.371 e. The van der Waals surface area contributed by atoms with Gasteiger partial charge in [0.15, 0.2) is 6.23 Å². The molecule has 1 amide bonds. The minimum absolute atomic E-state index is 0.219. The van der Waals surface area contributed by atoms with E-state index < -0.39 is 11.8 Å². The summed E-state index contributed by atoms with van der Waals surface area (Å²) >= 11 is 0. The fraction of sp³-hybridized carbons (Fsp3) is 0.400. The highest BCUT2D eigenvalue weighted by Gasteiger charge is 2.58. The van der Waals surface area contributed by atoms with Gasteiger partial charge in [-0.15, -0.1) is 0 Å². The van der Waals surface area contributed by atoms with E-state index in [1.807, 2.05) is 13.8 Å². The van der Waals surface area contributed by atoms with Gasteiger partial charge in [-0.05, 0) is 26.0 Å². The minimum Gasteiger partial charge on any atom is -0.371 e. The fourth-order valence-corrected chi connectivity index (χ4v) is 1.45. The number of carbonyl (C=O) groups excluding carboxylic acids is 1. The second-order valence-corrected chi connectivity index (χ2v) is 3.92. The summed E-state index contributed by atoms with van der Waals surface area (Å²) in [6.45, 7) is 3.64. The van der Waals surface area contributed by atoms with Crippen LogP contribution in [0.2, 0.25) is 0 Å². The first kappa shape index (κ1) is 9.15. The zero-order chi connectivity index (χ0) is 10.3. The molecule has 1 aromatic heterocycles. The van der Waals surface area contributed by atoms with Crippen LogP contribution in [0.1, 0.15) is 24.3 Å². The topological polar surface area (TPSA) is 53.2 Å². The Balaban J connectivity index is 2.20. The Morgan fingerprint density at radius 3 is 2.64 bits per heavy atom. The lowest BCUT2D eigenvalue weighted by Crippen LogP contribution is -2.19. The van der Waals surface area contributed by atoms with Crippen molar-refractivity contribution in [1.29, 1.82) is 0 Å². The monoisotopic (exact) mass is 192 g/mol. The Labute approximate surface area is 82.2 Å². The average Bonchev–Trinajstić information content (AvgIpc) is 2.67. The normalized spacial score (nSPS) is 23.4. The quantitative estimate of drug-likeness (QED) is 0.664. The third-order valence-corrected chi connectivity index (χ3v) is 2.53. The van der Waals surface area contributed by atoms with Crippen molar-refractivity contribution in [2.24, 2.45) is 0 Å². The standard InChI is InChI=1S/C10H12N2O2/c1-10(2)9(14)12(10)8(13)7-5-3-4-6-11-7/h3-6,9,14H,1-2H3. The van der Waals surface area contributed by atoms with Gasteiger partial charge in [-0.25, -0.2) is 0 Å². The molecule has 1 atom stereocenters. The minimum atomic E-state index is -0.683. The number of pyridine rings is 1. The van der Waals surface area contributed by atoms with Crippen LogP contribution in [0.15, 0.2) is 24.4 Å². The molecular formula is C10H12N2O2. The predicted molar refractivity (Wildman–Crippen MR) is 50.5 cm³/mol. The van der Waals surface area contributed by atoms with Gasteiger partial charge in [0, 0.05) is 6.20 Å². The zero-order valence-electron chi connectivity index (χ0n) is 8.14. The van der Waals surface area contributed by atoms with E-state index in [-0.39, 0.29) is 5.91 Å². The van der Waals surface area contributed by atoms with Crippen LogP contribution in [-0.4, -0.2) is 32.7 Å². The molecule has 1 saturated heterocycles. The average molecular weight is 192 g/mol. The van der Waals surface area contributed by atoms with Crippen LogP contribution in [-0.2, 0) is 0 Å². The van der Waals surface area contributed by atoms with Crippen molar-refractivity contribution in [3.05, 3.63) is 30.1 Å². The predicted octanol–water partition coefficient (Wildman–Crippen LogP) is 0.634. The van der Waals surface area contributed by atoms with Gasteiger partial charge >= 0.3 is 0 Å². The molecule has 0 bridgehead atoms. The van der Waals surface area contributed by atoms with Gasteiger partial charge < -0.3 is 5.11 Å². The Bertz CT molecular complexity index is 362. The number of amides is 1. The number of aliphatic hydroxyl groups excluding tert-OH is 1. The number of aliphatic hydroxyl groups is 1. The fourth-order valence-electron chi connectivity index (χ4n) is 1.45. The highest BCUT2D eigenvalue weighted by molar-refractivity contribution is 5.94. The molecule has 74 valence electrons. The molecule has 2 rings (SSSR count). The Morgan fingerprint density at radius 1 is 1.57 bits per heavy atom. The second-order valence-electron chi connectivity index (χ2n) is 3.92. The molecule has 0 aromatic carbocycles. The molecule has 1 N–H and O–H groups in total. The molecule has 1 aliphatic rings. The summed E-state index contributed by atoms with van der Waals surface area (Å²) in [7, 11) is 0. The van der Waals surface area contributed by atoms with Gasteiger partial charge in [-0.3, -0.25) is 14.7 Å². The first-order valence-corrected chi connectivity index (χ1v) is 4.48. The molecule has 0 saturated carbocycles. The van der Waals surface area contributed by atoms with Gasteiger partial charge in [0.05, 0.1) is 5.54 Å². The lowest BCUT2D eigenvalue weighted by Gasteiger charge is -2.04. The van der Waals surface area contributed by atoms with Crippen LogP contribution in [0.5, 0.6) is 0 Å². The Hall–Kier alpha value is -1.42. The highest BCUT2D eigenvalue weighted by Crippen LogP contribution is 2.39. The van der Waals surface area contributed by atoms with Crippen LogP contribution < -0.4 is 0 Å². The molecule has 4 heteroatoms. The van der Waals surface area contributed by atoms with E-state index in [9.17, 15) is 9.90 Å².